The van der Waals surface area contributed by atoms with Crippen molar-refractivity contribution in [1.29, 1.82) is 0 Å². The molecule has 1 heterocycles. The van der Waals surface area contributed by atoms with E-state index in [4.69, 9.17) is 9.47 Å². The van der Waals surface area contributed by atoms with E-state index in [-0.39, 0.29) is 30.1 Å². The van der Waals surface area contributed by atoms with Crippen LogP contribution >= 0.6 is 0 Å². The summed E-state index contributed by atoms with van der Waals surface area (Å²) in [4.78, 5) is 24.4. The fourth-order valence-corrected chi connectivity index (χ4v) is 5.21. The van der Waals surface area contributed by atoms with E-state index in [0.717, 1.165) is 22.0 Å². The quantitative estimate of drug-likeness (QED) is 0.579. The summed E-state index contributed by atoms with van der Waals surface area (Å²) >= 11 is 0. The zero-order valence-electron chi connectivity index (χ0n) is 18.3. The Morgan fingerprint density at radius 1 is 1.18 bits per heavy atom. The second-order valence-corrected chi connectivity index (χ2v) is 9.31. The number of nitrogens with one attached hydrogen (secondary N) is 2. The molecule has 1 aliphatic rings. The monoisotopic (exact) mass is 479 g/mol. The van der Waals surface area contributed by atoms with E-state index < -0.39 is 33.9 Å². The first-order chi connectivity index (χ1) is 15.7. The number of nitrogens with zero attached hydrogens (tertiary/aromatic N) is 1. The van der Waals surface area contributed by atoms with Crippen molar-refractivity contribution in [2.45, 2.75) is 31.0 Å². The van der Waals surface area contributed by atoms with Crippen molar-refractivity contribution >= 4 is 21.8 Å². The van der Waals surface area contributed by atoms with Crippen molar-refractivity contribution in [3.8, 4) is 5.75 Å². The topological polar surface area (TPSA) is 114 Å². The second-order valence-electron chi connectivity index (χ2n) is 7.45. The summed E-state index contributed by atoms with van der Waals surface area (Å²) in [6.45, 7) is 1.88. The Hall–Kier alpha value is -3.02. The molecule has 0 aromatic heterocycles. The lowest BCUT2D eigenvalue weighted by atomic mass is 10.2. The number of carbonyl (C=O) groups is 2. The summed E-state index contributed by atoms with van der Waals surface area (Å²) in [5.41, 5.74) is 1.01. The Bertz CT molecular complexity index is 1120. The van der Waals surface area contributed by atoms with Crippen molar-refractivity contribution in [2.24, 2.45) is 0 Å². The van der Waals surface area contributed by atoms with Gasteiger partial charge in [-0.3, -0.25) is 9.59 Å². The predicted molar refractivity (Wildman–Crippen MR) is 117 cm³/mol. The minimum absolute atomic E-state index is 0.0400. The van der Waals surface area contributed by atoms with E-state index in [0.29, 0.717) is 18.8 Å². The number of aryl methyl sites for hydroxylation is 1. The van der Waals surface area contributed by atoms with Crippen LogP contribution < -0.4 is 15.4 Å². The lowest BCUT2D eigenvalue weighted by Crippen LogP contribution is -2.53. The predicted octanol–water partition coefficient (Wildman–Crippen LogP) is 1.31. The third-order valence-corrected chi connectivity index (χ3v) is 7.16. The van der Waals surface area contributed by atoms with Crippen LogP contribution in [0, 0.1) is 12.7 Å². The summed E-state index contributed by atoms with van der Waals surface area (Å²) in [7, 11) is -2.47. The Balaban J connectivity index is 1.61. The SMILES string of the molecule is COc1cccc(CNC(=O)C(=O)NC[C@@H]2OCCCN2S(=O)(=O)c2ccc(F)cc2C)c1. The Morgan fingerprint density at radius 2 is 1.94 bits per heavy atom. The Kier molecular flexibility index (Phi) is 8.01. The van der Waals surface area contributed by atoms with Crippen LogP contribution in [0.5, 0.6) is 5.75 Å². The van der Waals surface area contributed by atoms with Crippen LogP contribution in [-0.2, 0) is 30.9 Å². The van der Waals surface area contributed by atoms with Gasteiger partial charge in [0.15, 0.2) is 0 Å². The summed E-state index contributed by atoms with van der Waals surface area (Å²) in [6.07, 6.45) is -0.534. The zero-order chi connectivity index (χ0) is 24.0. The number of hydrogen-bond donors (Lipinski definition) is 2. The Labute approximate surface area is 191 Å². The molecule has 2 amide bonds. The number of methoxy groups -OCH3 is 1. The van der Waals surface area contributed by atoms with Crippen molar-refractivity contribution < 1.29 is 31.9 Å². The average molecular weight is 480 g/mol. The third-order valence-electron chi connectivity index (χ3n) is 5.11. The molecule has 0 unspecified atom stereocenters. The highest BCUT2D eigenvalue weighted by molar-refractivity contribution is 7.89. The molecule has 3 rings (SSSR count). The molecule has 178 valence electrons. The van der Waals surface area contributed by atoms with Crippen LogP contribution in [0.15, 0.2) is 47.4 Å². The highest BCUT2D eigenvalue weighted by Crippen LogP contribution is 2.25. The van der Waals surface area contributed by atoms with Crippen molar-refractivity contribution in [2.75, 3.05) is 26.8 Å². The van der Waals surface area contributed by atoms with Crippen LogP contribution in [-0.4, -0.2) is 57.6 Å². The van der Waals surface area contributed by atoms with Gasteiger partial charge in [0.25, 0.3) is 0 Å². The molecule has 33 heavy (non-hydrogen) atoms. The number of amides is 2. The van der Waals surface area contributed by atoms with E-state index in [9.17, 15) is 22.4 Å². The first-order valence-corrected chi connectivity index (χ1v) is 11.7. The standard InChI is InChI=1S/C22H26FN3O6S/c1-15-11-17(23)7-8-19(15)33(29,30)26-9-4-10-32-20(26)14-25-22(28)21(27)24-13-16-5-3-6-18(12-16)31-2/h3,5-8,11-12,20H,4,9-10,13-14H2,1-2H3,(H,24,27)(H,25,28)/t20-/m0/s1. The van der Waals surface area contributed by atoms with Gasteiger partial charge in [0.1, 0.15) is 17.8 Å². The van der Waals surface area contributed by atoms with Crippen LogP contribution in [0.3, 0.4) is 0 Å². The molecule has 1 saturated heterocycles. The third kappa shape index (κ3) is 6.06. The number of carbonyl (C=O) groups excluding carboxylic acids is 2. The molecule has 2 aromatic carbocycles. The van der Waals surface area contributed by atoms with Gasteiger partial charge in [-0.2, -0.15) is 4.31 Å². The average Bonchev–Trinajstić information content (AvgIpc) is 2.81. The molecular weight excluding hydrogens is 453 g/mol. The summed E-state index contributed by atoms with van der Waals surface area (Å²) < 4.78 is 51.5. The van der Waals surface area contributed by atoms with Gasteiger partial charge in [-0.25, -0.2) is 12.8 Å². The lowest BCUT2D eigenvalue weighted by molar-refractivity contribution is -0.140. The van der Waals surface area contributed by atoms with Crippen LogP contribution in [0.25, 0.3) is 0 Å². The second kappa shape index (κ2) is 10.7. The molecule has 9 nitrogen and oxygen atoms in total. The largest absolute Gasteiger partial charge is 0.497 e. The maximum atomic E-state index is 13.4. The van der Waals surface area contributed by atoms with Crippen LogP contribution in [0.2, 0.25) is 0 Å². The van der Waals surface area contributed by atoms with Crippen molar-refractivity contribution in [3.05, 3.63) is 59.4 Å². The van der Waals surface area contributed by atoms with Gasteiger partial charge in [0.2, 0.25) is 10.0 Å². The first kappa shape index (κ1) is 24.6. The van der Waals surface area contributed by atoms with Gasteiger partial charge in [-0.1, -0.05) is 12.1 Å². The van der Waals surface area contributed by atoms with Gasteiger partial charge in [0.05, 0.1) is 25.2 Å². The van der Waals surface area contributed by atoms with E-state index in [1.807, 2.05) is 0 Å². The number of sulfonamides is 1. The van der Waals surface area contributed by atoms with Gasteiger partial charge in [-0.15, -0.1) is 0 Å². The molecule has 0 bridgehead atoms. The molecule has 1 atom stereocenters. The minimum Gasteiger partial charge on any atom is -0.497 e. The normalized spacial score (nSPS) is 16.8. The Morgan fingerprint density at radius 3 is 2.67 bits per heavy atom. The van der Waals surface area contributed by atoms with Gasteiger partial charge in [-0.05, 0) is 54.8 Å². The molecule has 0 spiro atoms. The first-order valence-electron chi connectivity index (χ1n) is 10.3. The lowest BCUT2D eigenvalue weighted by Gasteiger charge is -2.34. The summed E-state index contributed by atoms with van der Waals surface area (Å²) in [5, 5.41) is 4.92. The van der Waals surface area contributed by atoms with E-state index in [1.54, 1.807) is 24.3 Å². The summed E-state index contributed by atoms with van der Waals surface area (Å²) in [6, 6.07) is 10.4. The fraction of sp³-hybridized carbons (Fsp3) is 0.364. The zero-order valence-corrected chi connectivity index (χ0v) is 19.2. The van der Waals surface area contributed by atoms with Crippen molar-refractivity contribution in [1.82, 2.24) is 14.9 Å². The maximum absolute atomic E-state index is 13.4. The van der Waals surface area contributed by atoms with Crippen molar-refractivity contribution in [3.63, 3.8) is 0 Å². The molecule has 0 radical (unpaired) electrons. The van der Waals surface area contributed by atoms with Gasteiger partial charge in [0, 0.05) is 13.1 Å². The molecule has 2 N–H and O–H groups in total. The summed E-state index contributed by atoms with van der Waals surface area (Å²) in [5.74, 6) is -1.69. The molecule has 0 aliphatic carbocycles. The van der Waals surface area contributed by atoms with Crippen LogP contribution in [0.4, 0.5) is 4.39 Å². The highest BCUT2D eigenvalue weighted by Gasteiger charge is 2.35. The van der Waals surface area contributed by atoms with E-state index in [1.165, 1.54) is 20.1 Å². The molecule has 2 aromatic rings. The van der Waals surface area contributed by atoms with Gasteiger partial charge < -0.3 is 20.1 Å². The number of benzene rings is 2. The number of hydrogen-bond acceptors (Lipinski definition) is 6. The molecule has 11 heteroatoms. The number of rotatable bonds is 7. The minimum atomic E-state index is -4.00. The molecule has 1 aliphatic heterocycles. The molecular formula is C22H26FN3O6S. The molecule has 1 fully saturated rings. The maximum Gasteiger partial charge on any atom is 0.309 e. The molecule has 0 saturated carbocycles. The highest BCUT2D eigenvalue weighted by atomic mass is 32.2. The van der Waals surface area contributed by atoms with E-state index >= 15 is 0 Å². The fourth-order valence-electron chi connectivity index (χ4n) is 3.44. The van der Waals surface area contributed by atoms with Gasteiger partial charge >= 0.3 is 11.8 Å². The smallest absolute Gasteiger partial charge is 0.309 e. The number of ether oxygens (including phenoxy) is 2. The van der Waals surface area contributed by atoms with Crippen LogP contribution in [0.1, 0.15) is 17.5 Å². The van der Waals surface area contributed by atoms with E-state index in [2.05, 4.69) is 10.6 Å². The number of halogens is 1.